The van der Waals surface area contributed by atoms with E-state index >= 15 is 0 Å². The SMILES string of the molecule is COc1ccc(NC(=O)C2CCN(c3ccc(-n4cncn4)nn3)CC2)cc1. The second-order valence-corrected chi connectivity index (χ2v) is 6.57. The molecule has 0 unspecified atom stereocenters. The summed E-state index contributed by atoms with van der Waals surface area (Å²) in [7, 11) is 1.62. The highest BCUT2D eigenvalue weighted by Crippen LogP contribution is 2.23. The van der Waals surface area contributed by atoms with Crippen molar-refractivity contribution in [2.24, 2.45) is 5.92 Å². The summed E-state index contributed by atoms with van der Waals surface area (Å²) in [5.41, 5.74) is 0.780. The Morgan fingerprint density at radius 2 is 1.79 bits per heavy atom. The number of nitrogens with zero attached hydrogens (tertiary/aromatic N) is 6. The van der Waals surface area contributed by atoms with Crippen LogP contribution in [0.5, 0.6) is 5.75 Å². The fraction of sp³-hybridized carbons (Fsp3) is 0.316. The van der Waals surface area contributed by atoms with E-state index in [4.69, 9.17) is 4.74 Å². The number of hydrogen-bond donors (Lipinski definition) is 1. The molecule has 9 nitrogen and oxygen atoms in total. The molecular weight excluding hydrogens is 358 g/mol. The van der Waals surface area contributed by atoms with E-state index in [1.807, 2.05) is 36.4 Å². The minimum Gasteiger partial charge on any atom is -0.497 e. The van der Waals surface area contributed by atoms with E-state index in [1.54, 1.807) is 18.1 Å². The third-order valence-electron chi connectivity index (χ3n) is 4.84. The smallest absolute Gasteiger partial charge is 0.227 e. The molecule has 2 aromatic heterocycles. The molecule has 0 atom stereocenters. The zero-order valence-electron chi connectivity index (χ0n) is 15.5. The van der Waals surface area contributed by atoms with Gasteiger partial charge in [0, 0.05) is 24.7 Å². The maximum Gasteiger partial charge on any atom is 0.227 e. The summed E-state index contributed by atoms with van der Waals surface area (Å²) in [5, 5.41) is 15.5. The Morgan fingerprint density at radius 1 is 1.07 bits per heavy atom. The molecule has 1 amide bonds. The van der Waals surface area contributed by atoms with Gasteiger partial charge in [-0.15, -0.1) is 10.2 Å². The number of hydrogen-bond acceptors (Lipinski definition) is 7. The van der Waals surface area contributed by atoms with Gasteiger partial charge >= 0.3 is 0 Å². The first-order valence-corrected chi connectivity index (χ1v) is 9.11. The number of carbonyl (C=O) groups is 1. The first kappa shape index (κ1) is 17.9. The van der Waals surface area contributed by atoms with Crippen molar-refractivity contribution in [3.63, 3.8) is 0 Å². The third-order valence-corrected chi connectivity index (χ3v) is 4.84. The van der Waals surface area contributed by atoms with Crippen LogP contribution in [0.25, 0.3) is 5.82 Å². The van der Waals surface area contributed by atoms with Gasteiger partial charge in [0.25, 0.3) is 0 Å². The van der Waals surface area contributed by atoms with Crippen molar-refractivity contribution in [3.05, 3.63) is 49.1 Å². The highest BCUT2D eigenvalue weighted by atomic mass is 16.5. The van der Waals surface area contributed by atoms with Gasteiger partial charge in [-0.3, -0.25) is 4.79 Å². The fourth-order valence-electron chi connectivity index (χ4n) is 3.23. The van der Waals surface area contributed by atoms with Crippen molar-refractivity contribution in [2.45, 2.75) is 12.8 Å². The van der Waals surface area contributed by atoms with Crippen LogP contribution in [0.15, 0.2) is 49.1 Å². The lowest BCUT2D eigenvalue weighted by Crippen LogP contribution is -2.38. The average molecular weight is 379 g/mol. The Kier molecular flexibility index (Phi) is 5.14. The number of piperidine rings is 1. The minimum absolute atomic E-state index is 0.0132. The van der Waals surface area contributed by atoms with E-state index in [9.17, 15) is 4.79 Å². The van der Waals surface area contributed by atoms with Gasteiger partial charge in [-0.25, -0.2) is 9.67 Å². The molecule has 1 fully saturated rings. The lowest BCUT2D eigenvalue weighted by Gasteiger charge is -2.31. The van der Waals surface area contributed by atoms with Crippen molar-refractivity contribution in [1.82, 2.24) is 25.0 Å². The first-order chi connectivity index (χ1) is 13.7. The van der Waals surface area contributed by atoms with Gasteiger partial charge < -0.3 is 15.0 Å². The third kappa shape index (κ3) is 3.93. The van der Waals surface area contributed by atoms with Crippen LogP contribution < -0.4 is 15.0 Å². The van der Waals surface area contributed by atoms with Crippen molar-refractivity contribution in [2.75, 3.05) is 30.4 Å². The van der Waals surface area contributed by atoms with E-state index in [1.165, 1.54) is 6.33 Å². The number of benzene rings is 1. The topological polar surface area (TPSA) is 98.1 Å². The number of rotatable bonds is 5. The van der Waals surface area contributed by atoms with Gasteiger partial charge in [0.1, 0.15) is 18.4 Å². The van der Waals surface area contributed by atoms with Gasteiger partial charge in [-0.1, -0.05) is 0 Å². The largest absolute Gasteiger partial charge is 0.497 e. The number of nitrogens with one attached hydrogen (secondary N) is 1. The lowest BCUT2D eigenvalue weighted by molar-refractivity contribution is -0.120. The summed E-state index contributed by atoms with van der Waals surface area (Å²) < 4.78 is 6.70. The molecule has 144 valence electrons. The van der Waals surface area contributed by atoms with Crippen LogP contribution in [0, 0.1) is 5.92 Å². The van der Waals surface area contributed by atoms with Gasteiger partial charge in [0.2, 0.25) is 5.91 Å². The zero-order valence-corrected chi connectivity index (χ0v) is 15.5. The van der Waals surface area contributed by atoms with Crippen LogP contribution in [0.4, 0.5) is 11.5 Å². The molecule has 1 saturated heterocycles. The molecule has 28 heavy (non-hydrogen) atoms. The Hall–Kier alpha value is -3.49. The summed E-state index contributed by atoms with van der Waals surface area (Å²) in [5.74, 6) is 2.23. The highest BCUT2D eigenvalue weighted by molar-refractivity contribution is 5.92. The summed E-state index contributed by atoms with van der Waals surface area (Å²) in [6, 6.07) is 11.1. The van der Waals surface area contributed by atoms with Gasteiger partial charge in [-0.05, 0) is 49.2 Å². The molecule has 3 aromatic rings. The number of aromatic nitrogens is 5. The van der Waals surface area contributed by atoms with Crippen LogP contribution in [-0.2, 0) is 4.79 Å². The Labute approximate surface area is 162 Å². The Morgan fingerprint density at radius 3 is 2.39 bits per heavy atom. The molecule has 9 heteroatoms. The first-order valence-electron chi connectivity index (χ1n) is 9.11. The minimum atomic E-state index is -0.0132. The predicted octanol–water partition coefficient (Wildman–Crippen LogP) is 1.92. The standard InChI is InChI=1S/C19H21N7O2/c1-28-16-4-2-15(3-5-16)22-19(27)14-8-10-25(11-9-14)17-6-7-18(24-23-17)26-13-20-12-21-26/h2-7,12-14H,8-11H2,1H3,(H,22,27). The normalized spacial score (nSPS) is 14.7. The van der Waals surface area contributed by atoms with E-state index in [2.05, 4.69) is 30.5 Å². The molecule has 0 bridgehead atoms. The number of amides is 1. The number of anilines is 2. The molecule has 0 saturated carbocycles. The van der Waals surface area contributed by atoms with Crippen LogP contribution >= 0.6 is 0 Å². The fourth-order valence-corrected chi connectivity index (χ4v) is 3.23. The zero-order chi connectivity index (χ0) is 19.3. The van der Waals surface area contributed by atoms with Gasteiger partial charge in [0.05, 0.1) is 7.11 Å². The van der Waals surface area contributed by atoms with Crippen LogP contribution in [-0.4, -0.2) is 51.1 Å². The molecular formula is C19H21N7O2. The molecule has 1 aliphatic rings. The summed E-state index contributed by atoms with van der Waals surface area (Å²) >= 11 is 0. The molecule has 4 rings (SSSR count). The summed E-state index contributed by atoms with van der Waals surface area (Å²) in [4.78, 5) is 18.6. The number of ether oxygens (including phenoxy) is 1. The molecule has 0 radical (unpaired) electrons. The van der Waals surface area contributed by atoms with Crippen LogP contribution in [0.1, 0.15) is 12.8 Å². The number of carbonyl (C=O) groups excluding carboxylic acids is 1. The monoisotopic (exact) mass is 379 g/mol. The van der Waals surface area contributed by atoms with E-state index in [0.29, 0.717) is 5.82 Å². The maximum atomic E-state index is 12.5. The van der Waals surface area contributed by atoms with Gasteiger partial charge in [-0.2, -0.15) is 5.10 Å². The molecule has 1 aromatic carbocycles. The molecule has 0 aliphatic carbocycles. The summed E-state index contributed by atoms with van der Waals surface area (Å²) in [6.45, 7) is 1.52. The van der Waals surface area contributed by atoms with E-state index in [-0.39, 0.29) is 11.8 Å². The predicted molar refractivity (Wildman–Crippen MR) is 104 cm³/mol. The van der Waals surface area contributed by atoms with Crippen LogP contribution in [0.2, 0.25) is 0 Å². The molecule has 3 heterocycles. The van der Waals surface area contributed by atoms with E-state index < -0.39 is 0 Å². The second kappa shape index (κ2) is 8.03. The van der Waals surface area contributed by atoms with Crippen LogP contribution in [0.3, 0.4) is 0 Å². The van der Waals surface area contributed by atoms with Gasteiger partial charge in [0.15, 0.2) is 11.6 Å². The molecule has 1 N–H and O–H groups in total. The quantitative estimate of drug-likeness (QED) is 0.723. The Balaban J connectivity index is 1.31. The van der Waals surface area contributed by atoms with Crippen molar-refractivity contribution < 1.29 is 9.53 Å². The van der Waals surface area contributed by atoms with E-state index in [0.717, 1.165) is 43.2 Å². The number of methoxy groups -OCH3 is 1. The Bertz CT molecular complexity index is 902. The average Bonchev–Trinajstić information content (AvgIpc) is 3.29. The summed E-state index contributed by atoms with van der Waals surface area (Å²) in [6.07, 6.45) is 4.58. The highest BCUT2D eigenvalue weighted by Gasteiger charge is 2.26. The lowest BCUT2D eigenvalue weighted by atomic mass is 9.96. The second-order valence-electron chi connectivity index (χ2n) is 6.57. The molecule has 1 aliphatic heterocycles. The van der Waals surface area contributed by atoms with Crippen molar-refractivity contribution in [3.8, 4) is 11.6 Å². The maximum absolute atomic E-state index is 12.5. The molecule has 0 spiro atoms. The van der Waals surface area contributed by atoms with Crippen molar-refractivity contribution in [1.29, 1.82) is 0 Å². The van der Waals surface area contributed by atoms with Crippen molar-refractivity contribution >= 4 is 17.4 Å².